The lowest BCUT2D eigenvalue weighted by atomic mass is 9.86. The van der Waals surface area contributed by atoms with Gasteiger partial charge in [-0.3, -0.25) is 9.10 Å². The van der Waals surface area contributed by atoms with Gasteiger partial charge in [0.15, 0.2) is 0 Å². The fourth-order valence-corrected chi connectivity index (χ4v) is 4.11. The molecule has 0 fully saturated rings. The van der Waals surface area contributed by atoms with Crippen molar-refractivity contribution in [2.45, 2.75) is 53.0 Å². The second-order valence-electron chi connectivity index (χ2n) is 8.78. The van der Waals surface area contributed by atoms with E-state index in [1.807, 2.05) is 39.0 Å². The first-order chi connectivity index (χ1) is 13.3. The molecule has 0 saturated carbocycles. The quantitative estimate of drug-likeness (QED) is 0.766. The molecule has 1 amide bonds. The van der Waals surface area contributed by atoms with Gasteiger partial charge in [-0.15, -0.1) is 0 Å². The van der Waals surface area contributed by atoms with Gasteiger partial charge >= 0.3 is 0 Å². The predicted molar refractivity (Wildman–Crippen MR) is 120 cm³/mol. The van der Waals surface area contributed by atoms with E-state index in [9.17, 15) is 13.2 Å². The van der Waals surface area contributed by atoms with Crippen molar-refractivity contribution in [2.75, 3.05) is 17.1 Å². The van der Waals surface area contributed by atoms with Crippen LogP contribution < -0.4 is 9.62 Å². The zero-order valence-corrected chi connectivity index (χ0v) is 19.2. The van der Waals surface area contributed by atoms with Crippen LogP contribution in [0, 0.1) is 13.8 Å². The monoisotopic (exact) mass is 416 g/mol. The number of amides is 1. The summed E-state index contributed by atoms with van der Waals surface area (Å²) in [5, 5.41) is 2.91. The van der Waals surface area contributed by atoms with Gasteiger partial charge in [0, 0.05) is 0 Å². The van der Waals surface area contributed by atoms with Crippen molar-refractivity contribution in [1.29, 1.82) is 0 Å². The number of nitrogens with zero attached hydrogens (tertiary/aromatic N) is 1. The molecule has 29 heavy (non-hydrogen) atoms. The maximum atomic E-state index is 12.6. The van der Waals surface area contributed by atoms with Crippen LogP contribution in [0.25, 0.3) is 0 Å². The number of aryl methyl sites for hydroxylation is 2. The molecular formula is C23H32N2O3S. The molecule has 5 nitrogen and oxygen atoms in total. The summed E-state index contributed by atoms with van der Waals surface area (Å²) < 4.78 is 25.8. The van der Waals surface area contributed by atoms with Crippen LogP contribution in [-0.2, 0) is 20.2 Å². The van der Waals surface area contributed by atoms with Crippen LogP contribution in [0.2, 0.25) is 0 Å². The Morgan fingerprint density at radius 2 is 1.55 bits per heavy atom. The highest BCUT2D eigenvalue weighted by atomic mass is 32.2. The number of nitrogens with one attached hydrogen (secondary N) is 1. The lowest BCUT2D eigenvalue weighted by Crippen LogP contribution is -2.41. The largest absolute Gasteiger partial charge is 0.348 e. The minimum Gasteiger partial charge on any atom is -0.348 e. The average Bonchev–Trinajstić information content (AvgIpc) is 2.57. The predicted octanol–water partition coefficient (Wildman–Crippen LogP) is 4.24. The lowest BCUT2D eigenvalue weighted by Gasteiger charge is -2.24. The van der Waals surface area contributed by atoms with E-state index >= 15 is 0 Å². The molecule has 0 radical (unpaired) electrons. The van der Waals surface area contributed by atoms with E-state index in [1.165, 1.54) is 5.56 Å². The molecule has 0 aliphatic rings. The first-order valence-corrected chi connectivity index (χ1v) is 11.6. The van der Waals surface area contributed by atoms with Crippen LogP contribution in [-0.4, -0.2) is 27.1 Å². The number of carbonyl (C=O) groups is 1. The van der Waals surface area contributed by atoms with E-state index in [0.29, 0.717) is 5.69 Å². The van der Waals surface area contributed by atoms with E-state index in [4.69, 9.17) is 0 Å². The Balaban J connectivity index is 2.16. The Morgan fingerprint density at radius 1 is 1.03 bits per heavy atom. The van der Waals surface area contributed by atoms with Gasteiger partial charge in [0.2, 0.25) is 15.9 Å². The van der Waals surface area contributed by atoms with Crippen LogP contribution in [0.1, 0.15) is 56.0 Å². The van der Waals surface area contributed by atoms with Crippen molar-refractivity contribution in [1.82, 2.24) is 5.32 Å². The maximum Gasteiger partial charge on any atom is 0.241 e. The van der Waals surface area contributed by atoms with Crippen LogP contribution in [0.15, 0.2) is 42.5 Å². The highest BCUT2D eigenvalue weighted by molar-refractivity contribution is 7.92. The Morgan fingerprint density at radius 3 is 2.00 bits per heavy atom. The molecule has 0 aliphatic heterocycles. The second kappa shape index (κ2) is 8.57. The summed E-state index contributed by atoms with van der Waals surface area (Å²) in [6.45, 7) is 11.9. The van der Waals surface area contributed by atoms with Gasteiger partial charge in [-0.1, -0.05) is 51.1 Å². The molecule has 0 aliphatic carbocycles. The summed E-state index contributed by atoms with van der Waals surface area (Å²) in [6.07, 6.45) is 1.12. The molecule has 0 spiro atoms. The summed E-state index contributed by atoms with van der Waals surface area (Å²) in [5.41, 5.74) is 4.65. The summed E-state index contributed by atoms with van der Waals surface area (Å²) in [7, 11) is -3.60. The molecule has 6 heteroatoms. The van der Waals surface area contributed by atoms with Gasteiger partial charge in [-0.2, -0.15) is 0 Å². The normalized spacial score (nSPS) is 13.1. The van der Waals surface area contributed by atoms with Gasteiger partial charge in [0.05, 0.1) is 18.0 Å². The number of rotatable bonds is 6. The Hall–Kier alpha value is -2.34. The Labute approximate surface area is 175 Å². The highest BCUT2D eigenvalue weighted by Gasteiger charge is 2.22. The third-order valence-electron chi connectivity index (χ3n) is 4.84. The molecule has 1 atom stereocenters. The van der Waals surface area contributed by atoms with Crippen LogP contribution >= 0.6 is 0 Å². The van der Waals surface area contributed by atoms with Gasteiger partial charge in [0.25, 0.3) is 0 Å². The van der Waals surface area contributed by atoms with Gasteiger partial charge in [-0.25, -0.2) is 8.42 Å². The number of sulfonamides is 1. The van der Waals surface area contributed by atoms with Crippen molar-refractivity contribution < 1.29 is 13.2 Å². The number of hydrogen-bond acceptors (Lipinski definition) is 3. The van der Waals surface area contributed by atoms with Crippen LogP contribution in [0.5, 0.6) is 0 Å². The number of carbonyl (C=O) groups excluding carboxylic acids is 1. The first kappa shape index (κ1) is 22.9. The molecule has 0 aromatic heterocycles. The molecule has 0 heterocycles. The fourth-order valence-electron chi connectivity index (χ4n) is 3.27. The molecule has 0 saturated heterocycles. The Bertz CT molecular complexity index is 954. The number of hydrogen-bond donors (Lipinski definition) is 1. The maximum absolute atomic E-state index is 12.6. The summed E-state index contributed by atoms with van der Waals surface area (Å²) >= 11 is 0. The first-order valence-electron chi connectivity index (χ1n) is 9.73. The SMILES string of the molecule is Cc1cc(C)cc(N(CC(=O)N[C@H](C)c2ccc(C(C)(C)C)cc2)S(C)(=O)=O)c1. The van der Waals surface area contributed by atoms with Gasteiger partial charge in [-0.05, 0) is 60.6 Å². The third kappa shape index (κ3) is 6.32. The summed E-state index contributed by atoms with van der Waals surface area (Å²) in [5.74, 6) is -0.345. The van der Waals surface area contributed by atoms with E-state index < -0.39 is 10.0 Å². The molecule has 0 unspecified atom stereocenters. The fraction of sp³-hybridized carbons (Fsp3) is 0.435. The molecule has 2 aromatic carbocycles. The molecular weight excluding hydrogens is 384 g/mol. The molecule has 1 N–H and O–H groups in total. The third-order valence-corrected chi connectivity index (χ3v) is 5.98. The van der Waals surface area contributed by atoms with Crippen molar-refractivity contribution >= 4 is 21.6 Å². The van der Waals surface area contributed by atoms with E-state index in [0.717, 1.165) is 27.3 Å². The zero-order chi connectivity index (χ0) is 22.0. The smallest absolute Gasteiger partial charge is 0.241 e. The minimum absolute atomic E-state index is 0.0624. The van der Waals surface area contributed by atoms with Crippen molar-refractivity contribution in [3.63, 3.8) is 0 Å². The molecule has 158 valence electrons. The second-order valence-corrected chi connectivity index (χ2v) is 10.7. The Kier molecular flexibility index (Phi) is 6.78. The van der Waals surface area contributed by atoms with Crippen LogP contribution in [0.3, 0.4) is 0 Å². The standard InChI is InChI=1S/C23H32N2O3S/c1-16-12-17(2)14-21(13-16)25(29(7,27)28)15-22(26)24-18(3)19-8-10-20(11-9-19)23(4,5)6/h8-14,18H,15H2,1-7H3,(H,24,26)/t18-/m1/s1. The molecule has 2 rings (SSSR count). The highest BCUT2D eigenvalue weighted by Crippen LogP contribution is 2.24. The van der Waals surface area contributed by atoms with Gasteiger partial charge < -0.3 is 5.32 Å². The molecule has 0 bridgehead atoms. The van der Waals surface area contributed by atoms with Crippen molar-refractivity contribution in [3.8, 4) is 0 Å². The van der Waals surface area contributed by atoms with E-state index in [-0.39, 0.29) is 23.9 Å². The number of anilines is 1. The topological polar surface area (TPSA) is 66.5 Å². The zero-order valence-electron chi connectivity index (χ0n) is 18.4. The van der Waals surface area contributed by atoms with E-state index in [1.54, 1.807) is 12.1 Å². The summed E-state index contributed by atoms with van der Waals surface area (Å²) in [4.78, 5) is 12.6. The lowest BCUT2D eigenvalue weighted by molar-refractivity contribution is -0.120. The number of benzene rings is 2. The summed E-state index contributed by atoms with van der Waals surface area (Å²) in [6, 6.07) is 13.4. The minimum atomic E-state index is -3.60. The van der Waals surface area contributed by atoms with E-state index in [2.05, 4.69) is 38.2 Å². The molecule has 2 aromatic rings. The van der Waals surface area contributed by atoms with Gasteiger partial charge in [0.1, 0.15) is 6.54 Å². The van der Waals surface area contributed by atoms with Crippen molar-refractivity contribution in [3.05, 3.63) is 64.7 Å². The van der Waals surface area contributed by atoms with Crippen molar-refractivity contribution in [2.24, 2.45) is 0 Å². The van der Waals surface area contributed by atoms with Crippen LogP contribution in [0.4, 0.5) is 5.69 Å². The average molecular weight is 417 g/mol.